The van der Waals surface area contributed by atoms with Crippen LogP contribution in [0.15, 0.2) is 64.0 Å². The monoisotopic (exact) mass is 469 g/mol. The molecule has 3 aromatic rings. The fraction of sp³-hybridized carbons (Fsp3) is 0.333. The molecule has 8 nitrogen and oxygen atoms in total. The van der Waals surface area contributed by atoms with Gasteiger partial charge in [0, 0.05) is 26.2 Å². The molecular formula is C24H27N3O5S. The molecule has 1 fully saturated rings. The molecule has 1 saturated heterocycles. The van der Waals surface area contributed by atoms with E-state index >= 15 is 0 Å². The highest BCUT2D eigenvalue weighted by Gasteiger charge is 2.32. The standard InChI is InChI=1S/C24H27N3O5S/c1-3-19-9-11-20(12-10-19)31-17-22-18(2)32-25-23(22)24(28)26-13-15-27(16-14-26)33(29,30)21-7-5-4-6-8-21/h4-12H,3,13-17H2,1-2H3. The number of amides is 1. The number of ether oxygens (including phenoxy) is 1. The molecule has 0 radical (unpaired) electrons. The summed E-state index contributed by atoms with van der Waals surface area (Å²) in [6, 6.07) is 16.1. The number of rotatable bonds is 7. The SMILES string of the molecule is CCc1ccc(OCc2c(C(=O)N3CCN(S(=O)(=O)c4ccccc4)CC3)noc2C)cc1. The molecule has 0 unspecified atom stereocenters. The van der Waals surface area contributed by atoms with Gasteiger partial charge in [-0.05, 0) is 43.2 Å². The van der Waals surface area contributed by atoms with Crippen molar-refractivity contribution in [2.24, 2.45) is 0 Å². The molecule has 0 N–H and O–H groups in total. The third kappa shape index (κ3) is 4.94. The van der Waals surface area contributed by atoms with Crippen LogP contribution < -0.4 is 4.74 Å². The maximum absolute atomic E-state index is 13.1. The van der Waals surface area contributed by atoms with Crippen molar-refractivity contribution in [2.75, 3.05) is 26.2 Å². The van der Waals surface area contributed by atoms with Gasteiger partial charge in [0.2, 0.25) is 10.0 Å². The quantitative estimate of drug-likeness (QED) is 0.527. The fourth-order valence-electron chi connectivity index (χ4n) is 3.73. The van der Waals surface area contributed by atoms with Crippen molar-refractivity contribution in [3.8, 4) is 5.75 Å². The van der Waals surface area contributed by atoms with Gasteiger partial charge in [0.15, 0.2) is 5.69 Å². The van der Waals surface area contributed by atoms with Gasteiger partial charge in [-0.25, -0.2) is 8.42 Å². The molecule has 4 rings (SSSR count). The molecule has 0 bridgehead atoms. The number of nitrogens with zero attached hydrogens (tertiary/aromatic N) is 3. The number of carbonyl (C=O) groups is 1. The van der Waals surface area contributed by atoms with E-state index < -0.39 is 10.0 Å². The number of aromatic nitrogens is 1. The van der Waals surface area contributed by atoms with Crippen molar-refractivity contribution in [3.63, 3.8) is 0 Å². The molecule has 2 aromatic carbocycles. The minimum absolute atomic E-state index is 0.157. The first-order valence-electron chi connectivity index (χ1n) is 10.9. The van der Waals surface area contributed by atoms with Crippen LogP contribution in [0.1, 0.15) is 34.3 Å². The van der Waals surface area contributed by atoms with E-state index in [0.29, 0.717) is 17.1 Å². The van der Waals surface area contributed by atoms with Gasteiger partial charge in [-0.3, -0.25) is 4.79 Å². The van der Waals surface area contributed by atoms with Crippen LogP contribution in [0.5, 0.6) is 5.75 Å². The molecule has 0 spiro atoms. The third-order valence-corrected chi connectivity index (χ3v) is 7.72. The summed E-state index contributed by atoms with van der Waals surface area (Å²) < 4.78 is 38.2. The summed E-state index contributed by atoms with van der Waals surface area (Å²) in [7, 11) is -3.58. The molecule has 174 valence electrons. The number of hydrogen-bond donors (Lipinski definition) is 0. The van der Waals surface area contributed by atoms with E-state index in [1.54, 1.807) is 42.2 Å². The van der Waals surface area contributed by atoms with Gasteiger partial charge in [0.25, 0.3) is 5.91 Å². The lowest BCUT2D eigenvalue weighted by molar-refractivity contribution is 0.0685. The highest BCUT2D eigenvalue weighted by molar-refractivity contribution is 7.89. The Bertz CT molecular complexity index is 1200. The van der Waals surface area contributed by atoms with Crippen LogP contribution >= 0.6 is 0 Å². The Balaban J connectivity index is 1.41. The van der Waals surface area contributed by atoms with Gasteiger partial charge < -0.3 is 14.2 Å². The summed E-state index contributed by atoms with van der Waals surface area (Å²) in [6.07, 6.45) is 0.948. The van der Waals surface area contributed by atoms with Crippen LogP contribution in [0, 0.1) is 6.92 Å². The van der Waals surface area contributed by atoms with Gasteiger partial charge in [-0.1, -0.05) is 42.4 Å². The van der Waals surface area contributed by atoms with Crippen molar-refractivity contribution in [1.29, 1.82) is 0 Å². The number of benzene rings is 2. The maximum Gasteiger partial charge on any atom is 0.276 e. The smallest absolute Gasteiger partial charge is 0.276 e. The van der Waals surface area contributed by atoms with Crippen LogP contribution in [0.3, 0.4) is 0 Å². The number of sulfonamides is 1. The zero-order chi connectivity index (χ0) is 23.4. The number of piperazine rings is 1. The minimum atomic E-state index is -3.58. The van der Waals surface area contributed by atoms with Crippen molar-refractivity contribution in [2.45, 2.75) is 31.8 Å². The minimum Gasteiger partial charge on any atom is -0.489 e. The van der Waals surface area contributed by atoms with Crippen LogP contribution in [-0.2, 0) is 23.1 Å². The van der Waals surface area contributed by atoms with Gasteiger partial charge in [-0.15, -0.1) is 0 Å². The second-order valence-corrected chi connectivity index (χ2v) is 9.80. The maximum atomic E-state index is 13.1. The predicted octanol–water partition coefficient (Wildman–Crippen LogP) is 3.27. The zero-order valence-electron chi connectivity index (χ0n) is 18.7. The topological polar surface area (TPSA) is 93.0 Å². The Morgan fingerprint density at radius 2 is 1.70 bits per heavy atom. The molecule has 1 aliphatic rings. The summed E-state index contributed by atoms with van der Waals surface area (Å²) in [5.41, 5.74) is 2.02. The van der Waals surface area contributed by atoms with Crippen LogP contribution in [0.4, 0.5) is 0 Å². The summed E-state index contributed by atoms with van der Waals surface area (Å²) in [5, 5.41) is 3.97. The van der Waals surface area contributed by atoms with Gasteiger partial charge >= 0.3 is 0 Å². The Morgan fingerprint density at radius 3 is 2.33 bits per heavy atom. The number of carbonyl (C=O) groups excluding carboxylic acids is 1. The Labute approximate surface area is 193 Å². The van der Waals surface area contributed by atoms with Gasteiger partial charge in [-0.2, -0.15) is 4.31 Å². The van der Waals surface area contributed by atoms with Crippen molar-refractivity contribution in [1.82, 2.24) is 14.4 Å². The first-order valence-corrected chi connectivity index (χ1v) is 12.4. The molecule has 1 aliphatic heterocycles. The molecule has 0 atom stereocenters. The molecule has 9 heteroatoms. The van der Waals surface area contributed by atoms with Gasteiger partial charge in [0.05, 0.1) is 10.5 Å². The van der Waals surface area contributed by atoms with E-state index in [-0.39, 0.29) is 49.3 Å². The highest BCUT2D eigenvalue weighted by Crippen LogP contribution is 2.22. The second-order valence-electron chi connectivity index (χ2n) is 7.86. The summed E-state index contributed by atoms with van der Waals surface area (Å²) in [4.78, 5) is 15.0. The Morgan fingerprint density at radius 1 is 1.03 bits per heavy atom. The van der Waals surface area contributed by atoms with Crippen LogP contribution in [0.25, 0.3) is 0 Å². The summed E-state index contributed by atoms with van der Waals surface area (Å²) in [5.74, 6) is 0.934. The average molecular weight is 470 g/mol. The van der Waals surface area contributed by atoms with Crippen molar-refractivity contribution < 1.29 is 22.5 Å². The van der Waals surface area contributed by atoms with Crippen molar-refractivity contribution in [3.05, 3.63) is 77.2 Å². The lowest BCUT2D eigenvalue weighted by Gasteiger charge is -2.33. The van der Waals surface area contributed by atoms with E-state index in [1.807, 2.05) is 24.3 Å². The molecule has 33 heavy (non-hydrogen) atoms. The lowest BCUT2D eigenvalue weighted by atomic mass is 10.1. The second kappa shape index (κ2) is 9.76. The molecule has 1 aromatic heterocycles. The van der Waals surface area contributed by atoms with E-state index in [1.165, 1.54) is 9.87 Å². The highest BCUT2D eigenvalue weighted by atomic mass is 32.2. The number of hydrogen-bond acceptors (Lipinski definition) is 6. The third-order valence-electron chi connectivity index (χ3n) is 5.81. The van der Waals surface area contributed by atoms with Crippen LogP contribution in [0.2, 0.25) is 0 Å². The van der Waals surface area contributed by atoms with E-state index in [0.717, 1.165) is 6.42 Å². The molecule has 0 saturated carbocycles. The molecular weight excluding hydrogens is 442 g/mol. The fourth-order valence-corrected chi connectivity index (χ4v) is 5.17. The van der Waals surface area contributed by atoms with E-state index in [9.17, 15) is 13.2 Å². The molecule has 0 aliphatic carbocycles. The Kier molecular flexibility index (Phi) is 6.80. The van der Waals surface area contributed by atoms with Crippen LogP contribution in [-0.4, -0.2) is 54.9 Å². The average Bonchev–Trinajstić information content (AvgIpc) is 3.23. The van der Waals surface area contributed by atoms with Crippen molar-refractivity contribution >= 4 is 15.9 Å². The summed E-state index contributed by atoms with van der Waals surface area (Å²) in [6.45, 7) is 4.97. The Hall–Kier alpha value is -3.17. The van der Waals surface area contributed by atoms with E-state index in [2.05, 4.69) is 12.1 Å². The largest absolute Gasteiger partial charge is 0.489 e. The van der Waals surface area contributed by atoms with E-state index in [4.69, 9.17) is 9.26 Å². The zero-order valence-corrected chi connectivity index (χ0v) is 19.5. The predicted molar refractivity (Wildman–Crippen MR) is 122 cm³/mol. The lowest BCUT2D eigenvalue weighted by Crippen LogP contribution is -2.50. The summed E-state index contributed by atoms with van der Waals surface area (Å²) >= 11 is 0. The number of aryl methyl sites for hydroxylation is 2. The molecule has 1 amide bonds. The van der Waals surface area contributed by atoms with Gasteiger partial charge in [0.1, 0.15) is 18.1 Å². The first-order chi connectivity index (χ1) is 15.9. The molecule has 2 heterocycles. The first kappa shape index (κ1) is 23.0. The normalized spacial score (nSPS) is 14.9.